The summed E-state index contributed by atoms with van der Waals surface area (Å²) in [4.78, 5) is 74.8. The number of benzene rings is 1. The highest BCUT2D eigenvalue weighted by Gasteiger charge is 2.40. The number of amides is 6. The number of hydrogen-bond acceptors (Lipinski definition) is 8. The average Bonchev–Trinajstić information content (AvgIpc) is 2.83. The highest BCUT2D eigenvalue weighted by Crippen LogP contribution is 2.30. The van der Waals surface area contributed by atoms with Crippen molar-refractivity contribution in [2.45, 2.75) is 38.2 Å². The molecule has 36 heavy (non-hydrogen) atoms. The van der Waals surface area contributed by atoms with Gasteiger partial charge in [-0.2, -0.15) is 0 Å². The van der Waals surface area contributed by atoms with Crippen LogP contribution in [-0.2, 0) is 25.6 Å². The van der Waals surface area contributed by atoms with Gasteiger partial charge in [-0.3, -0.25) is 24.1 Å². The number of fused-ring (bicyclic) bond motifs is 1. The molecule has 15 heteroatoms. The summed E-state index contributed by atoms with van der Waals surface area (Å²) in [5, 5.41) is 24.6. The smallest absolute Gasteiger partial charge is 0.534 e. The molecular formula is C21H26BN5O9. The molecule has 1 fully saturated rings. The van der Waals surface area contributed by atoms with Gasteiger partial charge in [0, 0.05) is 26.1 Å². The van der Waals surface area contributed by atoms with E-state index in [1.807, 2.05) is 0 Å². The molecule has 0 radical (unpaired) electrons. The van der Waals surface area contributed by atoms with Crippen LogP contribution in [0.1, 0.15) is 35.7 Å². The van der Waals surface area contributed by atoms with Crippen LogP contribution in [0.2, 0.25) is 0 Å². The first-order valence-electron chi connectivity index (χ1n) is 11.2. The number of aromatic carboxylic acids is 1. The van der Waals surface area contributed by atoms with Gasteiger partial charge in [0.15, 0.2) is 0 Å². The van der Waals surface area contributed by atoms with E-state index in [0.717, 1.165) is 0 Å². The quantitative estimate of drug-likeness (QED) is 0.193. The van der Waals surface area contributed by atoms with Crippen LogP contribution in [-0.4, -0.2) is 94.3 Å². The summed E-state index contributed by atoms with van der Waals surface area (Å²) in [6, 6.07) is 2.06. The first kappa shape index (κ1) is 26.5. The summed E-state index contributed by atoms with van der Waals surface area (Å²) in [7, 11) is -1.60. The lowest BCUT2D eigenvalue weighted by Crippen LogP contribution is -2.62. The molecule has 0 unspecified atom stereocenters. The van der Waals surface area contributed by atoms with E-state index in [4.69, 9.17) is 10.4 Å². The van der Waals surface area contributed by atoms with Gasteiger partial charge in [0.1, 0.15) is 11.8 Å². The van der Waals surface area contributed by atoms with Gasteiger partial charge in [-0.05, 0) is 31.4 Å². The van der Waals surface area contributed by atoms with E-state index < -0.39 is 54.7 Å². The summed E-state index contributed by atoms with van der Waals surface area (Å²) < 4.78 is 5.34. The van der Waals surface area contributed by atoms with Gasteiger partial charge < -0.3 is 36.1 Å². The molecule has 0 aromatic heterocycles. The van der Waals surface area contributed by atoms with E-state index in [1.54, 1.807) is 13.0 Å². The third kappa shape index (κ3) is 5.74. The van der Waals surface area contributed by atoms with Crippen molar-refractivity contribution in [2.24, 2.45) is 5.73 Å². The number of carbonyl (C=O) groups excluding carboxylic acids is 5. The van der Waals surface area contributed by atoms with Crippen LogP contribution in [0, 0.1) is 0 Å². The second-order valence-electron chi connectivity index (χ2n) is 8.28. The summed E-state index contributed by atoms with van der Waals surface area (Å²) in [6.07, 6.45) is -0.470. The van der Waals surface area contributed by atoms with Crippen molar-refractivity contribution in [2.75, 3.05) is 19.6 Å². The molecule has 2 aliphatic heterocycles. The number of piperazine rings is 1. The number of hydrogen-bond donors (Lipinski definition) is 5. The molecule has 3 rings (SSSR count). The molecule has 0 aliphatic carbocycles. The number of urea groups is 1. The van der Waals surface area contributed by atoms with Gasteiger partial charge in [-0.15, -0.1) is 0 Å². The van der Waals surface area contributed by atoms with E-state index >= 15 is 0 Å². The van der Waals surface area contributed by atoms with Gasteiger partial charge in [0.05, 0.1) is 11.5 Å². The van der Waals surface area contributed by atoms with Gasteiger partial charge in [-0.1, -0.05) is 12.1 Å². The van der Waals surface area contributed by atoms with Crippen molar-refractivity contribution in [1.29, 1.82) is 0 Å². The number of para-hydroxylation sites is 1. The van der Waals surface area contributed by atoms with Crippen LogP contribution in [0.3, 0.4) is 0 Å². The first-order valence-corrected chi connectivity index (χ1v) is 11.2. The number of likely N-dealkylation sites (N-methyl/N-ethyl adjacent to an activating group) is 1. The minimum Gasteiger partial charge on any atom is -0.534 e. The Hall–Kier alpha value is -4.14. The van der Waals surface area contributed by atoms with Crippen molar-refractivity contribution in [3.63, 3.8) is 0 Å². The van der Waals surface area contributed by atoms with E-state index in [-0.39, 0.29) is 43.7 Å². The lowest BCUT2D eigenvalue weighted by Gasteiger charge is -2.33. The SMILES string of the molecule is CCN1CCN(C(=O)N[C@H](CCC(N)=O)C(=O)N[C@H]2Cc3cccc(C(=O)O)c3OB2O)C(=O)C1=O. The fourth-order valence-corrected chi connectivity index (χ4v) is 3.95. The summed E-state index contributed by atoms with van der Waals surface area (Å²) >= 11 is 0. The number of nitrogens with two attached hydrogens (primary N) is 1. The number of rotatable bonds is 8. The molecule has 0 saturated carbocycles. The minimum atomic E-state index is -1.60. The van der Waals surface area contributed by atoms with Crippen molar-refractivity contribution in [1.82, 2.24) is 20.4 Å². The van der Waals surface area contributed by atoms with Gasteiger partial charge in [-0.25, -0.2) is 9.59 Å². The standard InChI is InChI=1S/C21H26BN5O9/c1-2-26-8-9-27(19(31)18(26)30)21(34)24-13(6-7-15(23)28)17(29)25-14-10-11-4-3-5-12(20(32)33)16(11)36-22(14)35/h3-5,13-14,35H,2,6-10H2,1H3,(H2,23,28)(H,24,34)(H,25,29)(H,32,33)/t13-,14+/m1/s1. The summed E-state index contributed by atoms with van der Waals surface area (Å²) in [5.41, 5.74) is 5.46. The Labute approximate surface area is 205 Å². The van der Waals surface area contributed by atoms with Crippen LogP contribution in [0.25, 0.3) is 0 Å². The molecule has 1 saturated heterocycles. The number of imide groups is 1. The van der Waals surface area contributed by atoms with Crippen LogP contribution < -0.4 is 21.0 Å². The molecule has 1 aromatic carbocycles. The summed E-state index contributed by atoms with van der Waals surface area (Å²) in [5.74, 6) is -5.71. The van der Waals surface area contributed by atoms with E-state index in [1.165, 1.54) is 17.0 Å². The highest BCUT2D eigenvalue weighted by molar-refractivity contribution is 6.47. The molecule has 0 bridgehead atoms. The fraction of sp³-hybridized carbons (Fsp3) is 0.429. The number of nitrogens with one attached hydrogen (secondary N) is 2. The number of carboxylic acids is 1. The monoisotopic (exact) mass is 503 g/mol. The van der Waals surface area contributed by atoms with Crippen LogP contribution in [0.15, 0.2) is 18.2 Å². The molecular weight excluding hydrogens is 477 g/mol. The lowest BCUT2D eigenvalue weighted by molar-refractivity contribution is -0.153. The van der Waals surface area contributed by atoms with Gasteiger partial charge in [0.2, 0.25) is 11.8 Å². The van der Waals surface area contributed by atoms with Crippen LogP contribution in [0.4, 0.5) is 4.79 Å². The van der Waals surface area contributed by atoms with Gasteiger partial charge >= 0.3 is 30.9 Å². The molecule has 2 atom stereocenters. The average molecular weight is 503 g/mol. The molecule has 0 spiro atoms. The topological polar surface area (TPSA) is 209 Å². The zero-order chi connectivity index (χ0) is 26.6. The van der Waals surface area contributed by atoms with Crippen molar-refractivity contribution < 1.29 is 43.6 Å². The fourth-order valence-electron chi connectivity index (χ4n) is 3.95. The molecule has 6 N–H and O–H groups in total. The van der Waals surface area contributed by atoms with Crippen molar-refractivity contribution in [3.8, 4) is 5.75 Å². The maximum Gasteiger partial charge on any atom is 0.547 e. The van der Waals surface area contributed by atoms with Gasteiger partial charge in [0.25, 0.3) is 0 Å². The number of nitrogens with zero attached hydrogens (tertiary/aromatic N) is 2. The maximum absolute atomic E-state index is 13.0. The number of primary amides is 1. The lowest BCUT2D eigenvalue weighted by atomic mass is 9.72. The Morgan fingerprint density at radius 1 is 1.22 bits per heavy atom. The van der Waals surface area contributed by atoms with Crippen LogP contribution in [0.5, 0.6) is 5.75 Å². The van der Waals surface area contributed by atoms with Crippen LogP contribution >= 0.6 is 0 Å². The normalized spacial score (nSPS) is 18.2. The molecule has 2 heterocycles. The molecule has 192 valence electrons. The van der Waals surface area contributed by atoms with E-state index in [2.05, 4.69) is 10.6 Å². The molecule has 14 nitrogen and oxygen atoms in total. The van der Waals surface area contributed by atoms with Crippen molar-refractivity contribution >= 4 is 42.7 Å². The summed E-state index contributed by atoms with van der Waals surface area (Å²) in [6.45, 7) is 2.05. The molecule has 6 amide bonds. The molecule has 1 aromatic rings. The van der Waals surface area contributed by atoms with Crippen molar-refractivity contribution in [3.05, 3.63) is 29.3 Å². The Morgan fingerprint density at radius 2 is 1.94 bits per heavy atom. The number of carbonyl (C=O) groups is 6. The Balaban J connectivity index is 1.72. The predicted molar refractivity (Wildman–Crippen MR) is 122 cm³/mol. The first-order chi connectivity index (χ1) is 17.0. The molecule has 2 aliphatic rings. The zero-order valence-corrected chi connectivity index (χ0v) is 19.4. The Kier molecular flexibility index (Phi) is 8.14. The number of carboxylic acid groups (broad SMARTS) is 1. The third-order valence-corrected chi connectivity index (χ3v) is 5.91. The predicted octanol–water partition coefficient (Wildman–Crippen LogP) is -2.14. The maximum atomic E-state index is 13.0. The highest BCUT2D eigenvalue weighted by atomic mass is 16.5. The second kappa shape index (κ2) is 11.1. The largest absolute Gasteiger partial charge is 0.547 e. The third-order valence-electron chi connectivity index (χ3n) is 5.91. The Morgan fingerprint density at radius 3 is 2.58 bits per heavy atom. The second-order valence-corrected chi connectivity index (χ2v) is 8.28. The zero-order valence-electron chi connectivity index (χ0n) is 19.4. The van der Waals surface area contributed by atoms with E-state index in [9.17, 15) is 38.9 Å². The minimum absolute atomic E-state index is 0.0176. The van der Waals surface area contributed by atoms with E-state index in [0.29, 0.717) is 17.0 Å². The Bertz CT molecular complexity index is 1100.